The van der Waals surface area contributed by atoms with Crippen LogP contribution in [-0.4, -0.2) is 5.91 Å². The molecule has 2 aromatic carbocycles. The van der Waals surface area contributed by atoms with Gasteiger partial charge in [-0.3, -0.25) is 9.59 Å². The highest BCUT2D eigenvalue weighted by Crippen LogP contribution is 2.26. The highest BCUT2D eigenvalue weighted by atomic mass is 35.5. The molecule has 3 aromatic rings. The highest BCUT2D eigenvalue weighted by molar-refractivity contribution is 6.36. The van der Waals surface area contributed by atoms with Gasteiger partial charge in [0.25, 0.3) is 5.91 Å². The first-order valence-electron chi connectivity index (χ1n) is 6.75. The molecule has 0 radical (unpaired) electrons. The van der Waals surface area contributed by atoms with Crippen molar-refractivity contribution in [1.82, 2.24) is 0 Å². The number of anilines is 1. The normalized spacial score (nSPS) is 10.7. The molecule has 0 aliphatic rings. The number of amides is 1. The maximum Gasteiger partial charge on any atom is 0.291 e. The molecule has 1 aromatic heterocycles. The minimum Gasteiger partial charge on any atom is -0.450 e. The molecule has 6 heteroatoms. The van der Waals surface area contributed by atoms with E-state index in [0.717, 1.165) is 5.56 Å². The molecule has 4 nitrogen and oxygen atoms in total. The number of para-hydroxylation sites is 1. The van der Waals surface area contributed by atoms with E-state index in [1.165, 1.54) is 12.1 Å². The summed E-state index contributed by atoms with van der Waals surface area (Å²) in [6.07, 6.45) is 0. The number of halogens is 2. The van der Waals surface area contributed by atoms with Crippen molar-refractivity contribution in [3.8, 4) is 0 Å². The minimum absolute atomic E-state index is 0.0807. The predicted octanol–water partition coefficient (Wildman–Crippen LogP) is 4.66. The van der Waals surface area contributed by atoms with E-state index in [1.54, 1.807) is 24.3 Å². The third-order valence-corrected chi connectivity index (χ3v) is 3.90. The summed E-state index contributed by atoms with van der Waals surface area (Å²) in [5.74, 6) is -0.640. The van der Waals surface area contributed by atoms with Gasteiger partial charge in [-0.15, -0.1) is 0 Å². The number of hydrogen-bond acceptors (Lipinski definition) is 3. The van der Waals surface area contributed by atoms with Crippen molar-refractivity contribution in [3.05, 3.63) is 74.1 Å². The highest BCUT2D eigenvalue weighted by Gasteiger charge is 2.15. The molecule has 23 heavy (non-hydrogen) atoms. The van der Waals surface area contributed by atoms with E-state index in [-0.39, 0.29) is 11.2 Å². The second kappa shape index (κ2) is 6.07. The summed E-state index contributed by atoms with van der Waals surface area (Å²) in [4.78, 5) is 24.5. The molecule has 0 spiro atoms. The Kier molecular flexibility index (Phi) is 4.11. The number of rotatable bonds is 2. The second-order valence-corrected chi connectivity index (χ2v) is 5.85. The molecule has 0 saturated heterocycles. The molecule has 1 heterocycles. The van der Waals surface area contributed by atoms with Crippen LogP contribution in [0.4, 0.5) is 5.69 Å². The summed E-state index contributed by atoms with van der Waals surface area (Å²) >= 11 is 11.8. The zero-order chi connectivity index (χ0) is 16.6. The Balaban J connectivity index is 2.01. The Morgan fingerprint density at radius 1 is 1.13 bits per heavy atom. The molecule has 0 unspecified atom stereocenters. The van der Waals surface area contributed by atoms with Crippen LogP contribution in [0.2, 0.25) is 10.0 Å². The lowest BCUT2D eigenvalue weighted by Crippen LogP contribution is -2.15. The topological polar surface area (TPSA) is 59.3 Å². The van der Waals surface area contributed by atoms with Crippen LogP contribution in [-0.2, 0) is 0 Å². The standard InChI is InChI=1S/C17H11Cl2NO3/c1-9-3-2-4-11-14(21)8-15(23-16(9)11)17(22)20-13-6-5-10(18)7-12(13)19/h2-8H,1H3,(H,20,22). The maximum absolute atomic E-state index is 12.3. The van der Waals surface area contributed by atoms with Crippen LogP contribution in [0.5, 0.6) is 0 Å². The number of nitrogens with one attached hydrogen (secondary N) is 1. The summed E-state index contributed by atoms with van der Waals surface area (Å²) < 4.78 is 5.59. The van der Waals surface area contributed by atoms with Crippen molar-refractivity contribution >= 4 is 45.8 Å². The van der Waals surface area contributed by atoms with Gasteiger partial charge >= 0.3 is 0 Å². The second-order valence-electron chi connectivity index (χ2n) is 5.00. The van der Waals surface area contributed by atoms with Gasteiger partial charge in [0, 0.05) is 11.1 Å². The fourth-order valence-corrected chi connectivity index (χ4v) is 2.66. The van der Waals surface area contributed by atoms with Crippen molar-refractivity contribution in [2.75, 3.05) is 5.32 Å². The lowest BCUT2D eigenvalue weighted by atomic mass is 10.1. The molecule has 3 rings (SSSR count). The number of aryl methyl sites for hydroxylation is 1. The van der Waals surface area contributed by atoms with Gasteiger partial charge in [-0.1, -0.05) is 35.3 Å². The first-order valence-corrected chi connectivity index (χ1v) is 7.51. The Bertz CT molecular complexity index is 979. The van der Waals surface area contributed by atoms with Crippen LogP contribution < -0.4 is 10.7 Å². The Morgan fingerprint density at radius 2 is 1.91 bits per heavy atom. The van der Waals surface area contributed by atoms with Gasteiger partial charge < -0.3 is 9.73 Å². The number of fused-ring (bicyclic) bond motifs is 1. The Labute approximate surface area is 141 Å². The van der Waals surface area contributed by atoms with Gasteiger partial charge in [0.2, 0.25) is 0 Å². The summed E-state index contributed by atoms with van der Waals surface area (Å²) in [6.45, 7) is 1.81. The van der Waals surface area contributed by atoms with Gasteiger partial charge in [0.15, 0.2) is 11.2 Å². The van der Waals surface area contributed by atoms with E-state index in [2.05, 4.69) is 5.32 Å². The molecule has 1 N–H and O–H groups in total. The van der Waals surface area contributed by atoms with Crippen molar-refractivity contribution in [2.24, 2.45) is 0 Å². The van der Waals surface area contributed by atoms with Gasteiger partial charge in [-0.2, -0.15) is 0 Å². The number of carbonyl (C=O) groups excluding carboxylic acids is 1. The molecule has 1 amide bonds. The average molecular weight is 348 g/mol. The molecule has 116 valence electrons. The van der Waals surface area contributed by atoms with Crippen molar-refractivity contribution in [2.45, 2.75) is 6.92 Å². The lowest BCUT2D eigenvalue weighted by Gasteiger charge is -2.08. The third kappa shape index (κ3) is 3.09. The van der Waals surface area contributed by atoms with E-state index in [1.807, 2.05) is 13.0 Å². The molecule has 0 fully saturated rings. The first kappa shape index (κ1) is 15.6. The maximum atomic E-state index is 12.3. The van der Waals surface area contributed by atoms with E-state index < -0.39 is 5.91 Å². The van der Waals surface area contributed by atoms with Gasteiger partial charge in [0.1, 0.15) is 5.58 Å². The van der Waals surface area contributed by atoms with Gasteiger partial charge in [0.05, 0.1) is 16.1 Å². The molecule has 0 aliphatic heterocycles. The zero-order valence-electron chi connectivity index (χ0n) is 12.0. The van der Waals surface area contributed by atoms with E-state index >= 15 is 0 Å². The van der Waals surface area contributed by atoms with Crippen molar-refractivity contribution in [1.29, 1.82) is 0 Å². The zero-order valence-corrected chi connectivity index (χ0v) is 13.5. The van der Waals surface area contributed by atoms with Crippen molar-refractivity contribution < 1.29 is 9.21 Å². The van der Waals surface area contributed by atoms with Crippen LogP contribution in [0.1, 0.15) is 16.1 Å². The summed E-state index contributed by atoms with van der Waals surface area (Å²) in [6, 6.07) is 11.1. The number of benzene rings is 2. The third-order valence-electron chi connectivity index (χ3n) is 3.35. The Morgan fingerprint density at radius 3 is 2.65 bits per heavy atom. The monoisotopic (exact) mass is 347 g/mol. The summed E-state index contributed by atoms with van der Waals surface area (Å²) in [7, 11) is 0. The smallest absolute Gasteiger partial charge is 0.291 e. The largest absolute Gasteiger partial charge is 0.450 e. The van der Waals surface area contributed by atoms with Crippen LogP contribution in [0.15, 0.2) is 51.7 Å². The first-order chi connectivity index (χ1) is 11.0. The minimum atomic E-state index is -0.559. The van der Waals surface area contributed by atoms with Crippen LogP contribution in [0.3, 0.4) is 0 Å². The summed E-state index contributed by atoms with van der Waals surface area (Å²) in [5, 5.41) is 3.79. The Hall–Kier alpha value is -2.30. The van der Waals surface area contributed by atoms with Crippen LogP contribution in [0, 0.1) is 6.92 Å². The van der Waals surface area contributed by atoms with E-state index in [0.29, 0.717) is 26.7 Å². The van der Waals surface area contributed by atoms with Gasteiger partial charge in [-0.05, 0) is 36.8 Å². The molecular weight excluding hydrogens is 337 g/mol. The molecule has 0 atom stereocenters. The van der Waals surface area contributed by atoms with Crippen LogP contribution >= 0.6 is 23.2 Å². The molecular formula is C17H11Cl2NO3. The fourth-order valence-electron chi connectivity index (χ4n) is 2.20. The van der Waals surface area contributed by atoms with E-state index in [9.17, 15) is 9.59 Å². The fraction of sp³-hybridized carbons (Fsp3) is 0.0588. The summed E-state index contributed by atoms with van der Waals surface area (Å²) in [5.41, 5.74) is 1.28. The molecule has 0 saturated carbocycles. The van der Waals surface area contributed by atoms with Gasteiger partial charge in [-0.25, -0.2) is 0 Å². The number of hydrogen-bond donors (Lipinski definition) is 1. The molecule has 0 aliphatic carbocycles. The number of carbonyl (C=O) groups is 1. The quantitative estimate of drug-likeness (QED) is 0.733. The van der Waals surface area contributed by atoms with Crippen molar-refractivity contribution in [3.63, 3.8) is 0 Å². The molecule has 0 bridgehead atoms. The average Bonchev–Trinajstić information content (AvgIpc) is 2.51. The SMILES string of the molecule is Cc1cccc2c(=O)cc(C(=O)Nc3ccc(Cl)cc3Cl)oc12. The van der Waals surface area contributed by atoms with Crippen LogP contribution in [0.25, 0.3) is 11.0 Å². The lowest BCUT2D eigenvalue weighted by molar-refractivity contribution is 0.0997. The van der Waals surface area contributed by atoms with E-state index in [4.69, 9.17) is 27.6 Å². The predicted molar refractivity (Wildman–Crippen MR) is 91.6 cm³/mol.